The van der Waals surface area contributed by atoms with Crippen molar-refractivity contribution < 1.29 is 9.53 Å². The Kier molecular flexibility index (Phi) is 9.30. The Morgan fingerprint density at radius 1 is 1.28 bits per heavy atom. The number of ether oxygens (including phenoxy) is 1. The minimum absolute atomic E-state index is 0. The maximum absolute atomic E-state index is 11.9. The Balaban J connectivity index is 0.00000312. The van der Waals surface area contributed by atoms with Gasteiger partial charge in [-0.1, -0.05) is 32.9 Å². The minimum atomic E-state index is 0. The number of rotatable bonds is 7. The van der Waals surface area contributed by atoms with Gasteiger partial charge < -0.3 is 15.4 Å². The maximum Gasteiger partial charge on any atom is 0.220 e. The first-order valence-electron chi connectivity index (χ1n) is 9.16. The van der Waals surface area contributed by atoms with E-state index in [1.165, 1.54) is 18.4 Å². The predicted octanol–water partition coefficient (Wildman–Crippen LogP) is 3.68. The molecule has 0 saturated carbocycles. The third-order valence-corrected chi connectivity index (χ3v) is 4.63. The Bertz CT molecular complexity index is 523. The predicted molar refractivity (Wildman–Crippen MR) is 106 cm³/mol. The van der Waals surface area contributed by atoms with Gasteiger partial charge in [0.15, 0.2) is 0 Å². The fraction of sp³-hybridized carbons (Fsp3) is 0.650. The van der Waals surface area contributed by atoms with E-state index in [0.717, 1.165) is 25.3 Å². The summed E-state index contributed by atoms with van der Waals surface area (Å²) in [6.07, 6.45) is 4.02. The molecule has 142 valence electrons. The molecule has 0 unspecified atom stereocenters. The van der Waals surface area contributed by atoms with Crippen molar-refractivity contribution in [3.8, 4) is 5.75 Å². The van der Waals surface area contributed by atoms with Gasteiger partial charge in [-0.15, -0.1) is 12.4 Å². The first-order chi connectivity index (χ1) is 11.4. The number of amides is 1. The quantitative estimate of drug-likeness (QED) is 0.722. The third-order valence-electron chi connectivity index (χ3n) is 4.63. The van der Waals surface area contributed by atoms with E-state index in [9.17, 15) is 4.79 Å². The second-order valence-corrected chi connectivity index (χ2v) is 7.71. The molecule has 1 saturated heterocycles. The SMILES string of the molecule is CC(C)(C)c1cccc(OCCNC(=O)CCC2CCNCC2)c1.Cl. The first kappa shape index (κ1) is 21.8. The molecule has 1 aliphatic rings. The van der Waals surface area contributed by atoms with Gasteiger partial charge in [0.1, 0.15) is 12.4 Å². The van der Waals surface area contributed by atoms with E-state index < -0.39 is 0 Å². The molecule has 4 nitrogen and oxygen atoms in total. The first-order valence-corrected chi connectivity index (χ1v) is 9.16. The van der Waals surface area contributed by atoms with Crippen molar-refractivity contribution >= 4 is 18.3 Å². The molecule has 25 heavy (non-hydrogen) atoms. The lowest BCUT2D eigenvalue weighted by Crippen LogP contribution is -2.30. The summed E-state index contributed by atoms with van der Waals surface area (Å²) in [5, 5.41) is 6.31. The number of nitrogens with one attached hydrogen (secondary N) is 2. The van der Waals surface area contributed by atoms with E-state index in [-0.39, 0.29) is 23.7 Å². The van der Waals surface area contributed by atoms with Crippen molar-refractivity contribution in [3.63, 3.8) is 0 Å². The highest BCUT2D eigenvalue weighted by Gasteiger charge is 2.15. The van der Waals surface area contributed by atoms with Crippen molar-refractivity contribution in [2.24, 2.45) is 5.92 Å². The Morgan fingerprint density at radius 3 is 2.68 bits per heavy atom. The van der Waals surface area contributed by atoms with E-state index >= 15 is 0 Å². The van der Waals surface area contributed by atoms with Gasteiger partial charge in [0.2, 0.25) is 5.91 Å². The maximum atomic E-state index is 11.9. The van der Waals surface area contributed by atoms with Gasteiger partial charge in [-0.25, -0.2) is 0 Å². The highest BCUT2D eigenvalue weighted by Crippen LogP contribution is 2.25. The van der Waals surface area contributed by atoms with Gasteiger partial charge in [-0.05, 0) is 61.4 Å². The summed E-state index contributed by atoms with van der Waals surface area (Å²) in [4.78, 5) is 11.9. The summed E-state index contributed by atoms with van der Waals surface area (Å²) in [6.45, 7) is 9.82. The van der Waals surface area contributed by atoms with Crippen LogP contribution in [0.1, 0.15) is 52.0 Å². The summed E-state index contributed by atoms with van der Waals surface area (Å²) >= 11 is 0. The second kappa shape index (κ2) is 10.7. The Labute approximate surface area is 158 Å². The summed E-state index contributed by atoms with van der Waals surface area (Å²) in [5.41, 5.74) is 1.37. The molecule has 0 bridgehead atoms. The molecule has 0 spiro atoms. The summed E-state index contributed by atoms with van der Waals surface area (Å²) in [5.74, 6) is 1.71. The molecule has 0 aromatic heterocycles. The standard InChI is InChI=1S/C20H32N2O2.ClH/c1-20(2,3)17-5-4-6-18(15-17)24-14-13-22-19(23)8-7-16-9-11-21-12-10-16;/h4-6,15-16,21H,7-14H2,1-3H3,(H,22,23);1H. The van der Waals surface area contributed by atoms with Crippen LogP contribution in [0.4, 0.5) is 0 Å². The van der Waals surface area contributed by atoms with E-state index in [1.807, 2.05) is 12.1 Å². The molecule has 5 heteroatoms. The lowest BCUT2D eigenvalue weighted by molar-refractivity contribution is -0.121. The number of halogens is 1. The molecule has 0 atom stereocenters. The molecule has 1 aliphatic heterocycles. The summed E-state index contributed by atoms with van der Waals surface area (Å²) in [7, 11) is 0. The zero-order chi connectivity index (χ0) is 17.4. The van der Waals surface area contributed by atoms with Gasteiger partial charge in [0.05, 0.1) is 6.54 Å². The van der Waals surface area contributed by atoms with Crippen LogP contribution >= 0.6 is 12.4 Å². The van der Waals surface area contributed by atoms with Crippen molar-refractivity contribution in [1.29, 1.82) is 0 Å². The second-order valence-electron chi connectivity index (χ2n) is 7.71. The van der Waals surface area contributed by atoms with E-state index in [4.69, 9.17) is 4.74 Å². The average molecular weight is 369 g/mol. The number of hydrogen-bond acceptors (Lipinski definition) is 3. The van der Waals surface area contributed by atoms with Gasteiger partial charge in [0, 0.05) is 6.42 Å². The minimum Gasteiger partial charge on any atom is -0.492 e. The summed E-state index contributed by atoms with van der Waals surface area (Å²) in [6, 6.07) is 8.19. The number of benzene rings is 1. The zero-order valence-corrected chi connectivity index (χ0v) is 16.6. The molecule has 0 aliphatic carbocycles. The van der Waals surface area contributed by atoms with Crippen LogP contribution in [0.15, 0.2) is 24.3 Å². The van der Waals surface area contributed by atoms with Gasteiger partial charge in [-0.2, -0.15) is 0 Å². The molecule has 1 aromatic carbocycles. The van der Waals surface area contributed by atoms with Crippen molar-refractivity contribution in [3.05, 3.63) is 29.8 Å². The van der Waals surface area contributed by atoms with Crippen LogP contribution < -0.4 is 15.4 Å². The molecule has 1 heterocycles. The van der Waals surface area contributed by atoms with Crippen LogP contribution in [-0.4, -0.2) is 32.1 Å². The van der Waals surface area contributed by atoms with Crippen molar-refractivity contribution in [2.75, 3.05) is 26.2 Å². The van der Waals surface area contributed by atoms with Gasteiger partial charge >= 0.3 is 0 Å². The van der Waals surface area contributed by atoms with Crippen LogP contribution in [0, 0.1) is 5.92 Å². The largest absolute Gasteiger partial charge is 0.492 e. The molecule has 0 radical (unpaired) electrons. The van der Waals surface area contributed by atoms with E-state index in [2.05, 4.69) is 43.5 Å². The monoisotopic (exact) mass is 368 g/mol. The molecule has 1 amide bonds. The van der Waals surface area contributed by atoms with Crippen molar-refractivity contribution in [2.45, 2.75) is 51.9 Å². The topological polar surface area (TPSA) is 50.4 Å². The number of carbonyl (C=O) groups excluding carboxylic acids is 1. The van der Waals surface area contributed by atoms with Crippen molar-refractivity contribution in [1.82, 2.24) is 10.6 Å². The number of hydrogen-bond donors (Lipinski definition) is 2. The molecule has 2 rings (SSSR count). The van der Waals surface area contributed by atoms with Gasteiger partial charge in [-0.3, -0.25) is 4.79 Å². The zero-order valence-electron chi connectivity index (χ0n) is 15.8. The van der Waals surface area contributed by atoms with Crippen LogP contribution in [-0.2, 0) is 10.2 Å². The smallest absolute Gasteiger partial charge is 0.220 e. The lowest BCUT2D eigenvalue weighted by atomic mass is 9.87. The lowest BCUT2D eigenvalue weighted by Gasteiger charge is -2.22. The normalized spacial score (nSPS) is 15.3. The van der Waals surface area contributed by atoms with Crippen LogP contribution in [0.5, 0.6) is 5.75 Å². The molecular formula is C20H33ClN2O2. The Morgan fingerprint density at radius 2 is 2.00 bits per heavy atom. The highest BCUT2D eigenvalue weighted by atomic mass is 35.5. The number of piperidine rings is 1. The number of carbonyl (C=O) groups is 1. The molecular weight excluding hydrogens is 336 g/mol. The molecule has 1 aromatic rings. The van der Waals surface area contributed by atoms with Crippen LogP contribution in [0.2, 0.25) is 0 Å². The molecule has 1 fully saturated rings. The summed E-state index contributed by atoms with van der Waals surface area (Å²) < 4.78 is 5.76. The van der Waals surface area contributed by atoms with E-state index in [1.54, 1.807) is 0 Å². The van der Waals surface area contributed by atoms with Crippen LogP contribution in [0.3, 0.4) is 0 Å². The fourth-order valence-electron chi connectivity index (χ4n) is 3.01. The third kappa shape index (κ3) is 8.10. The molecule has 2 N–H and O–H groups in total. The van der Waals surface area contributed by atoms with Crippen LogP contribution in [0.25, 0.3) is 0 Å². The fourth-order valence-corrected chi connectivity index (χ4v) is 3.01. The van der Waals surface area contributed by atoms with E-state index in [0.29, 0.717) is 25.5 Å². The average Bonchev–Trinajstić information content (AvgIpc) is 2.57. The Hall–Kier alpha value is -1.26. The highest BCUT2D eigenvalue weighted by molar-refractivity contribution is 5.85. The van der Waals surface area contributed by atoms with Gasteiger partial charge in [0.25, 0.3) is 0 Å².